The molecule has 0 bridgehead atoms. The molecule has 2 aliphatic heterocycles. The molecule has 10 heteroatoms. The zero-order valence-corrected chi connectivity index (χ0v) is 20.9. The second-order valence-corrected chi connectivity index (χ2v) is 12.8. The van der Waals surface area contributed by atoms with Gasteiger partial charge in [0.1, 0.15) is 11.6 Å². The van der Waals surface area contributed by atoms with Gasteiger partial charge >= 0.3 is 0 Å². The summed E-state index contributed by atoms with van der Waals surface area (Å²) in [7, 11) is -3.06. The van der Waals surface area contributed by atoms with Gasteiger partial charge < -0.3 is 14.4 Å². The summed E-state index contributed by atoms with van der Waals surface area (Å²) in [6.45, 7) is 2.73. The van der Waals surface area contributed by atoms with Crippen LogP contribution in [-0.4, -0.2) is 59.9 Å². The van der Waals surface area contributed by atoms with Gasteiger partial charge in [0.15, 0.2) is 9.84 Å². The van der Waals surface area contributed by atoms with Gasteiger partial charge in [-0.25, -0.2) is 17.8 Å². The topological polar surface area (TPSA) is 75.5 Å². The van der Waals surface area contributed by atoms with E-state index in [2.05, 4.69) is 9.47 Å². The third-order valence-corrected chi connectivity index (χ3v) is 9.56. The van der Waals surface area contributed by atoms with E-state index in [9.17, 15) is 17.6 Å². The Morgan fingerprint density at radius 2 is 1.97 bits per heavy atom. The molecule has 1 amide bonds. The third-order valence-electron chi connectivity index (χ3n) is 7.73. The van der Waals surface area contributed by atoms with Crippen LogP contribution in [0.3, 0.4) is 0 Å². The lowest BCUT2D eigenvalue weighted by molar-refractivity contribution is -0.120. The number of likely N-dealkylation sites (tertiary alicyclic amines) is 1. The molecule has 3 heterocycles. The number of anilines is 1. The van der Waals surface area contributed by atoms with Gasteiger partial charge in [0.25, 0.3) is 0 Å². The molecule has 7 nitrogen and oxygen atoms in total. The molecule has 3 aromatic rings. The van der Waals surface area contributed by atoms with E-state index in [1.165, 1.54) is 18.4 Å². The van der Waals surface area contributed by atoms with E-state index in [-0.39, 0.29) is 23.5 Å². The van der Waals surface area contributed by atoms with Crippen molar-refractivity contribution in [3.63, 3.8) is 0 Å². The van der Waals surface area contributed by atoms with Gasteiger partial charge in [-0.05, 0) is 61.7 Å². The van der Waals surface area contributed by atoms with Crippen LogP contribution in [0, 0.1) is 5.82 Å². The van der Waals surface area contributed by atoms with E-state index >= 15 is 0 Å². The first kappa shape index (κ1) is 22.9. The summed E-state index contributed by atoms with van der Waals surface area (Å²) < 4.78 is 40.1. The largest absolute Gasteiger partial charge is 0.325 e. The molecule has 2 fully saturated rings. The Labute approximate surface area is 208 Å². The molecule has 2 aromatic carbocycles. The zero-order valence-electron chi connectivity index (χ0n) is 19.4. The summed E-state index contributed by atoms with van der Waals surface area (Å²) in [5.74, 6) is 0.335. The maximum absolute atomic E-state index is 14.2. The van der Waals surface area contributed by atoms with E-state index in [0.29, 0.717) is 42.6 Å². The summed E-state index contributed by atoms with van der Waals surface area (Å²) in [4.78, 5) is 22.1. The highest BCUT2D eigenvalue weighted by atomic mass is 35.5. The zero-order chi connectivity index (χ0) is 24.5. The molecule has 1 unspecified atom stereocenters. The summed E-state index contributed by atoms with van der Waals surface area (Å²) in [6.07, 6.45) is 3.50. The summed E-state index contributed by atoms with van der Waals surface area (Å²) in [5, 5.41) is 0.245. The van der Waals surface area contributed by atoms with Gasteiger partial charge in [-0.15, -0.1) is 0 Å². The van der Waals surface area contributed by atoms with Crippen molar-refractivity contribution >= 4 is 44.1 Å². The van der Waals surface area contributed by atoms with Crippen molar-refractivity contribution in [2.45, 2.75) is 43.0 Å². The maximum Gasteiger partial charge on any atom is 0.238 e. The maximum atomic E-state index is 14.2. The number of rotatable bonds is 6. The van der Waals surface area contributed by atoms with Crippen LogP contribution < -0.4 is 4.90 Å². The number of carbonyl (C=O) groups excluding carboxylic acids is 1. The highest BCUT2D eigenvalue weighted by Crippen LogP contribution is 2.57. The fourth-order valence-corrected chi connectivity index (χ4v) is 6.82. The second kappa shape index (κ2) is 8.01. The van der Waals surface area contributed by atoms with Crippen LogP contribution in [0.1, 0.15) is 30.7 Å². The lowest BCUT2D eigenvalue weighted by Gasteiger charge is -2.21. The molecule has 0 radical (unpaired) electrons. The molecule has 35 heavy (non-hydrogen) atoms. The van der Waals surface area contributed by atoms with Crippen LogP contribution in [0.25, 0.3) is 11.0 Å². The molecule has 1 saturated carbocycles. The Morgan fingerprint density at radius 3 is 2.69 bits per heavy atom. The first-order chi connectivity index (χ1) is 16.7. The number of imidazole rings is 1. The van der Waals surface area contributed by atoms with Gasteiger partial charge in [0, 0.05) is 30.9 Å². The first-order valence-electron chi connectivity index (χ1n) is 11.8. The van der Waals surface area contributed by atoms with Crippen molar-refractivity contribution in [1.82, 2.24) is 14.5 Å². The molecule has 184 valence electrons. The van der Waals surface area contributed by atoms with Crippen molar-refractivity contribution in [2.24, 2.45) is 0 Å². The van der Waals surface area contributed by atoms with Crippen LogP contribution >= 0.6 is 11.6 Å². The van der Waals surface area contributed by atoms with Crippen LogP contribution in [0.15, 0.2) is 36.4 Å². The number of nitrogens with zero attached hydrogens (tertiary/aromatic N) is 4. The Balaban J connectivity index is 1.32. The molecule has 3 aliphatic rings. The fraction of sp³-hybridized carbons (Fsp3) is 0.440. The highest BCUT2D eigenvalue weighted by Gasteiger charge is 2.59. The normalized spacial score (nSPS) is 21.4. The number of hydrogen-bond acceptors (Lipinski definition) is 5. The number of hydrogen-bond donors (Lipinski definition) is 0. The monoisotopic (exact) mass is 516 g/mol. The summed E-state index contributed by atoms with van der Waals surface area (Å²) in [6, 6.07) is 10.1. The van der Waals surface area contributed by atoms with Gasteiger partial charge in [-0.1, -0.05) is 17.7 Å². The first-order valence-corrected chi connectivity index (χ1v) is 14.2. The van der Waals surface area contributed by atoms with E-state index in [0.717, 1.165) is 36.0 Å². The number of carbonyl (C=O) groups is 1. The molecular weight excluding hydrogens is 491 g/mol. The minimum Gasteiger partial charge on any atom is -0.325 e. The molecule has 1 atom stereocenters. The Kier molecular flexibility index (Phi) is 5.25. The molecule has 6 rings (SSSR count). The number of aromatic nitrogens is 2. The molecule has 0 N–H and O–H groups in total. The average molecular weight is 517 g/mol. The quantitative estimate of drug-likeness (QED) is 0.501. The smallest absolute Gasteiger partial charge is 0.238 e. The van der Waals surface area contributed by atoms with Crippen molar-refractivity contribution in [3.05, 3.63) is 58.6 Å². The highest BCUT2D eigenvalue weighted by molar-refractivity contribution is 7.91. The number of amides is 1. The molecule has 1 spiro atoms. The van der Waals surface area contributed by atoms with E-state index in [4.69, 9.17) is 16.6 Å². The number of fused-ring (bicyclic) bond motifs is 3. The predicted octanol–water partition coefficient (Wildman–Crippen LogP) is 3.53. The number of benzene rings is 2. The minimum atomic E-state index is -3.06. The van der Waals surface area contributed by atoms with Crippen LogP contribution in [0.5, 0.6) is 0 Å². The number of sulfone groups is 1. The van der Waals surface area contributed by atoms with Crippen LogP contribution in [0.2, 0.25) is 5.02 Å². The van der Waals surface area contributed by atoms with Gasteiger partial charge in [0.05, 0.1) is 33.9 Å². The summed E-state index contributed by atoms with van der Waals surface area (Å²) in [5.41, 5.74) is 2.64. The molecular formula is C25H26ClFN4O3S. The van der Waals surface area contributed by atoms with Crippen LogP contribution in [-0.2, 0) is 33.1 Å². The molecule has 1 saturated heterocycles. The van der Waals surface area contributed by atoms with Gasteiger partial charge in [-0.3, -0.25) is 4.79 Å². The Morgan fingerprint density at radius 1 is 1.17 bits per heavy atom. The van der Waals surface area contributed by atoms with E-state index in [1.807, 2.05) is 12.1 Å². The third kappa shape index (κ3) is 3.84. The van der Waals surface area contributed by atoms with E-state index < -0.39 is 15.3 Å². The van der Waals surface area contributed by atoms with Gasteiger partial charge in [-0.2, -0.15) is 0 Å². The SMILES string of the molecule is CS(=O)(=O)C1CCN(CCn2c(CN3C(=O)C4(CC4)c4ccc(F)cc43)nc3cc(Cl)ccc32)C1. The second-order valence-electron chi connectivity index (χ2n) is 9.99. The Bertz CT molecular complexity index is 1470. The van der Waals surface area contributed by atoms with Gasteiger partial charge in [0.2, 0.25) is 5.91 Å². The van der Waals surface area contributed by atoms with Crippen molar-refractivity contribution in [3.8, 4) is 0 Å². The molecule has 1 aromatic heterocycles. The fourth-order valence-electron chi connectivity index (χ4n) is 5.64. The van der Waals surface area contributed by atoms with Crippen LogP contribution in [0.4, 0.5) is 10.1 Å². The predicted molar refractivity (Wildman–Crippen MR) is 133 cm³/mol. The minimum absolute atomic E-state index is 0.00488. The van der Waals surface area contributed by atoms with E-state index in [1.54, 1.807) is 17.0 Å². The standard InChI is InChI=1S/C25H26ClFN4O3S/c1-35(33,34)18-6-9-29(14-18)10-11-30-21-5-2-16(26)12-20(21)28-23(30)15-31-22-13-17(27)3-4-19(22)25(7-8-25)24(31)32/h2-5,12-13,18H,6-11,14-15H2,1H3. The lowest BCUT2D eigenvalue weighted by atomic mass is 9.98. The molecule has 1 aliphatic carbocycles. The van der Waals surface area contributed by atoms with Crippen molar-refractivity contribution < 1.29 is 17.6 Å². The lowest BCUT2D eigenvalue weighted by Crippen LogP contribution is -2.33. The van der Waals surface area contributed by atoms with Crippen molar-refractivity contribution in [2.75, 3.05) is 30.8 Å². The number of halogens is 2. The summed E-state index contributed by atoms with van der Waals surface area (Å²) >= 11 is 6.22. The average Bonchev–Trinajstić information content (AvgIpc) is 3.23. The Hall–Kier alpha value is -2.49. The van der Waals surface area contributed by atoms with Crippen molar-refractivity contribution in [1.29, 1.82) is 0 Å².